The minimum absolute atomic E-state index is 0.185. The summed E-state index contributed by atoms with van der Waals surface area (Å²) >= 11 is 0. The Morgan fingerprint density at radius 3 is 2.12 bits per heavy atom. The van der Waals surface area contributed by atoms with Gasteiger partial charge in [0.2, 0.25) is 5.91 Å². The molecule has 0 aromatic heterocycles. The van der Waals surface area contributed by atoms with E-state index in [1.165, 1.54) is 0 Å². The molecule has 96 valence electrons. The SMILES string of the molecule is CCN(CC)CCCN(CC)C(=O)CCN. The molecule has 0 spiro atoms. The summed E-state index contributed by atoms with van der Waals surface area (Å²) in [5, 5.41) is 0. The summed E-state index contributed by atoms with van der Waals surface area (Å²) in [4.78, 5) is 15.9. The molecule has 0 unspecified atom stereocenters. The van der Waals surface area contributed by atoms with Crippen molar-refractivity contribution < 1.29 is 4.79 Å². The molecular weight excluding hydrogens is 202 g/mol. The van der Waals surface area contributed by atoms with Gasteiger partial charge in [0.15, 0.2) is 0 Å². The van der Waals surface area contributed by atoms with Crippen LogP contribution in [0.3, 0.4) is 0 Å². The van der Waals surface area contributed by atoms with Gasteiger partial charge in [0.05, 0.1) is 0 Å². The fraction of sp³-hybridized carbons (Fsp3) is 0.917. The molecule has 0 aromatic rings. The summed E-state index contributed by atoms with van der Waals surface area (Å²) in [5.74, 6) is 0.185. The normalized spacial score (nSPS) is 10.8. The summed E-state index contributed by atoms with van der Waals surface area (Å²) in [6, 6.07) is 0. The summed E-state index contributed by atoms with van der Waals surface area (Å²) in [6.07, 6.45) is 1.52. The molecule has 0 aliphatic heterocycles. The molecule has 4 nitrogen and oxygen atoms in total. The van der Waals surface area contributed by atoms with Gasteiger partial charge in [-0.25, -0.2) is 0 Å². The van der Waals surface area contributed by atoms with E-state index in [4.69, 9.17) is 5.73 Å². The van der Waals surface area contributed by atoms with Gasteiger partial charge in [-0.15, -0.1) is 0 Å². The molecule has 0 fully saturated rings. The van der Waals surface area contributed by atoms with Crippen LogP contribution in [-0.4, -0.2) is 55.0 Å². The highest BCUT2D eigenvalue weighted by molar-refractivity contribution is 5.76. The lowest BCUT2D eigenvalue weighted by atomic mass is 10.3. The van der Waals surface area contributed by atoms with Crippen LogP contribution in [0.25, 0.3) is 0 Å². The van der Waals surface area contributed by atoms with E-state index in [1.54, 1.807) is 0 Å². The topological polar surface area (TPSA) is 49.6 Å². The summed E-state index contributed by atoms with van der Waals surface area (Å²) < 4.78 is 0. The molecule has 0 saturated carbocycles. The van der Waals surface area contributed by atoms with Crippen LogP contribution in [0.5, 0.6) is 0 Å². The average Bonchev–Trinajstić information content (AvgIpc) is 2.30. The van der Waals surface area contributed by atoms with E-state index in [0.717, 1.165) is 39.1 Å². The molecule has 0 rings (SSSR count). The van der Waals surface area contributed by atoms with Crippen molar-refractivity contribution in [3.05, 3.63) is 0 Å². The zero-order valence-corrected chi connectivity index (χ0v) is 11.0. The van der Waals surface area contributed by atoms with Gasteiger partial charge in [0, 0.05) is 26.1 Å². The number of hydrogen-bond acceptors (Lipinski definition) is 3. The monoisotopic (exact) mass is 229 g/mol. The zero-order valence-electron chi connectivity index (χ0n) is 11.0. The standard InChI is InChI=1S/C12H27N3O/c1-4-14(5-2)10-7-11-15(6-3)12(16)8-9-13/h4-11,13H2,1-3H3. The van der Waals surface area contributed by atoms with Crippen molar-refractivity contribution in [2.75, 3.05) is 39.3 Å². The fourth-order valence-electron chi connectivity index (χ4n) is 1.77. The Morgan fingerprint density at radius 2 is 1.69 bits per heavy atom. The van der Waals surface area contributed by atoms with Crippen molar-refractivity contribution in [3.8, 4) is 0 Å². The van der Waals surface area contributed by atoms with Gasteiger partial charge in [-0.3, -0.25) is 4.79 Å². The lowest BCUT2D eigenvalue weighted by Gasteiger charge is -2.23. The van der Waals surface area contributed by atoms with E-state index in [1.807, 2.05) is 11.8 Å². The van der Waals surface area contributed by atoms with Crippen LogP contribution in [-0.2, 0) is 4.79 Å². The smallest absolute Gasteiger partial charge is 0.223 e. The van der Waals surface area contributed by atoms with E-state index in [9.17, 15) is 4.79 Å². The molecule has 0 aliphatic carbocycles. The van der Waals surface area contributed by atoms with Crippen LogP contribution in [0.15, 0.2) is 0 Å². The molecule has 16 heavy (non-hydrogen) atoms. The number of nitrogens with zero attached hydrogens (tertiary/aromatic N) is 2. The van der Waals surface area contributed by atoms with Crippen LogP contribution in [0.4, 0.5) is 0 Å². The number of nitrogens with two attached hydrogens (primary N) is 1. The highest BCUT2D eigenvalue weighted by Crippen LogP contribution is 1.98. The van der Waals surface area contributed by atoms with Crippen LogP contribution in [0.2, 0.25) is 0 Å². The van der Waals surface area contributed by atoms with E-state index in [2.05, 4.69) is 18.7 Å². The Hall–Kier alpha value is -0.610. The molecule has 0 aromatic carbocycles. The first-order valence-corrected chi connectivity index (χ1v) is 6.39. The highest BCUT2D eigenvalue weighted by Gasteiger charge is 2.10. The minimum atomic E-state index is 0.185. The van der Waals surface area contributed by atoms with Gasteiger partial charge < -0.3 is 15.5 Å². The van der Waals surface area contributed by atoms with Crippen molar-refractivity contribution in [2.24, 2.45) is 5.73 Å². The average molecular weight is 229 g/mol. The van der Waals surface area contributed by atoms with E-state index in [-0.39, 0.29) is 5.91 Å². The number of carbonyl (C=O) groups is 1. The number of hydrogen-bond donors (Lipinski definition) is 1. The van der Waals surface area contributed by atoms with E-state index in [0.29, 0.717) is 13.0 Å². The third-order valence-electron chi connectivity index (χ3n) is 2.89. The molecule has 0 radical (unpaired) electrons. The minimum Gasteiger partial charge on any atom is -0.343 e. The van der Waals surface area contributed by atoms with Gasteiger partial charge >= 0.3 is 0 Å². The quantitative estimate of drug-likeness (QED) is 0.639. The van der Waals surface area contributed by atoms with E-state index >= 15 is 0 Å². The van der Waals surface area contributed by atoms with Crippen LogP contribution in [0, 0.1) is 0 Å². The van der Waals surface area contributed by atoms with Crippen molar-refractivity contribution >= 4 is 5.91 Å². The molecule has 0 atom stereocenters. The van der Waals surface area contributed by atoms with Gasteiger partial charge in [-0.05, 0) is 33.0 Å². The molecule has 2 N–H and O–H groups in total. The Morgan fingerprint density at radius 1 is 1.06 bits per heavy atom. The lowest BCUT2D eigenvalue weighted by molar-refractivity contribution is -0.130. The maximum absolute atomic E-state index is 11.6. The Labute approximate surface area is 99.8 Å². The molecule has 0 saturated heterocycles. The second-order valence-electron chi connectivity index (χ2n) is 3.89. The van der Waals surface area contributed by atoms with Crippen molar-refractivity contribution in [3.63, 3.8) is 0 Å². The number of amides is 1. The molecule has 1 amide bonds. The highest BCUT2D eigenvalue weighted by atomic mass is 16.2. The number of carbonyl (C=O) groups excluding carboxylic acids is 1. The van der Waals surface area contributed by atoms with E-state index < -0.39 is 0 Å². The summed E-state index contributed by atoms with van der Waals surface area (Å²) in [6.45, 7) is 11.7. The second-order valence-corrected chi connectivity index (χ2v) is 3.89. The largest absolute Gasteiger partial charge is 0.343 e. The van der Waals surface area contributed by atoms with Gasteiger partial charge in [0.1, 0.15) is 0 Å². The second kappa shape index (κ2) is 9.60. The molecular formula is C12H27N3O. The molecule has 0 heterocycles. The summed E-state index contributed by atoms with van der Waals surface area (Å²) in [7, 11) is 0. The fourth-order valence-corrected chi connectivity index (χ4v) is 1.77. The first-order valence-electron chi connectivity index (χ1n) is 6.39. The first kappa shape index (κ1) is 15.4. The maximum Gasteiger partial charge on any atom is 0.223 e. The Bertz CT molecular complexity index is 181. The van der Waals surface area contributed by atoms with Crippen molar-refractivity contribution in [1.29, 1.82) is 0 Å². The van der Waals surface area contributed by atoms with Crippen molar-refractivity contribution in [1.82, 2.24) is 9.80 Å². The number of rotatable bonds is 9. The van der Waals surface area contributed by atoms with Gasteiger partial charge in [0.25, 0.3) is 0 Å². The predicted octanol–water partition coefficient (Wildman–Crippen LogP) is 0.916. The maximum atomic E-state index is 11.6. The predicted molar refractivity (Wildman–Crippen MR) is 68.3 cm³/mol. The zero-order chi connectivity index (χ0) is 12.4. The van der Waals surface area contributed by atoms with Crippen molar-refractivity contribution in [2.45, 2.75) is 33.6 Å². The Balaban J connectivity index is 3.82. The summed E-state index contributed by atoms with van der Waals surface area (Å²) in [5.41, 5.74) is 5.39. The molecule has 0 bridgehead atoms. The van der Waals surface area contributed by atoms with Gasteiger partial charge in [-0.1, -0.05) is 13.8 Å². The molecule has 0 aliphatic rings. The van der Waals surface area contributed by atoms with Crippen LogP contribution >= 0.6 is 0 Å². The molecule has 4 heteroatoms. The lowest BCUT2D eigenvalue weighted by Crippen LogP contribution is -2.35. The first-order chi connectivity index (χ1) is 7.69. The third kappa shape index (κ3) is 6.08. The van der Waals surface area contributed by atoms with Gasteiger partial charge in [-0.2, -0.15) is 0 Å². The van der Waals surface area contributed by atoms with Crippen LogP contribution < -0.4 is 5.73 Å². The third-order valence-corrected chi connectivity index (χ3v) is 2.89. The Kier molecular flexibility index (Phi) is 9.24. The van der Waals surface area contributed by atoms with Crippen LogP contribution in [0.1, 0.15) is 33.6 Å².